The third-order valence-corrected chi connectivity index (χ3v) is 7.45. The molecule has 4 fully saturated rings. The van der Waals surface area contributed by atoms with Gasteiger partial charge in [-0.15, -0.1) is 0 Å². The van der Waals surface area contributed by atoms with Crippen LogP contribution in [-0.2, 0) is 33.2 Å². The molecular formula is C25H34O9. The lowest BCUT2D eigenvalue weighted by molar-refractivity contribution is -0.306. The van der Waals surface area contributed by atoms with Gasteiger partial charge in [-0.05, 0) is 39.8 Å². The summed E-state index contributed by atoms with van der Waals surface area (Å²) >= 11 is 0. The number of hydrogen-bond donors (Lipinski definition) is 1. The van der Waals surface area contributed by atoms with Crippen molar-refractivity contribution in [2.45, 2.75) is 93.8 Å². The molecule has 5 rings (SSSR count). The van der Waals surface area contributed by atoms with E-state index in [1.54, 1.807) is 59.1 Å². The minimum absolute atomic E-state index is 0.408. The fourth-order valence-corrected chi connectivity index (χ4v) is 5.98. The number of fused-ring (bicyclic) bond motifs is 2. The van der Waals surface area contributed by atoms with Crippen molar-refractivity contribution >= 4 is 5.97 Å². The first-order valence-corrected chi connectivity index (χ1v) is 11.8. The number of carbonyl (C=O) groups is 1. The first-order valence-electron chi connectivity index (χ1n) is 11.8. The van der Waals surface area contributed by atoms with E-state index in [1.807, 2.05) is 6.07 Å². The first-order chi connectivity index (χ1) is 16.0. The van der Waals surface area contributed by atoms with Gasteiger partial charge in [0.05, 0.1) is 5.56 Å². The van der Waals surface area contributed by atoms with Crippen molar-refractivity contribution in [1.29, 1.82) is 0 Å². The molecule has 3 saturated heterocycles. The Morgan fingerprint density at radius 1 is 0.912 bits per heavy atom. The van der Waals surface area contributed by atoms with E-state index in [0.717, 1.165) is 0 Å². The molecule has 9 nitrogen and oxygen atoms in total. The van der Waals surface area contributed by atoms with Crippen molar-refractivity contribution in [1.82, 2.24) is 0 Å². The molecule has 6 atom stereocenters. The Labute approximate surface area is 199 Å². The summed E-state index contributed by atoms with van der Waals surface area (Å²) in [5, 5.41) is 12.6. The lowest BCUT2D eigenvalue weighted by Gasteiger charge is -2.57. The predicted molar refractivity (Wildman–Crippen MR) is 118 cm³/mol. The van der Waals surface area contributed by atoms with Crippen LogP contribution in [0.15, 0.2) is 30.3 Å². The molecule has 188 valence electrons. The quantitative estimate of drug-likeness (QED) is 0.653. The SMILES string of the molecule is COC1(C2(O)[C@@H]3OC(C)(C)O[C@@H]3C(OC(=O)c3ccccc3)[C@H]3OC(C)(C)O[C@@H]32)CCOCC1. The number of methoxy groups -OCH3 is 1. The average Bonchev–Trinajstić information content (AvgIpc) is 3.33. The van der Waals surface area contributed by atoms with Gasteiger partial charge in [-0.2, -0.15) is 0 Å². The van der Waals surface area contributed by atoms with Crippen LogP contribution in [-0.4, -0.2) is 84.7 Å². The molecule has 0 bridgehead atoms. The summed E-state index contributed by atoms with van der Waals surface area (Å²) in [6.07, 6.45) is -3.40. The van der Waals surface area contributed by atoms with E-state index in [2.05, 4.69) is 0 Å². The summed E-state index contributed by atoms with van der Waals surface area (Å²) in [5.41, 5.74) is -2.28. The molecule has 9 heteroatoms. The van der Waals surface area contributed by atoms with E-state index < -0.39 is 59.3 Å². The fourth-order valence-electron chi connectivity index (χ4n) is 5.98. The Bertz CT molecular complexity index is 876. The maximum absolute atomic E-state index is 13.1. The van der Waals surface area contributed by atoms with Crippen LogP contribution in [0, 0.1) is 0 Å². The Morgan fingerprint density at radius 2 is 1.44 bits per heavy atom. The second-order valence-electron chi connectivity index (χ2n) is 10.4. The highest BCUT2D eigenvalue weighted by Gasteiger charge is 2.76. The highest BCUT2D eigenvalue weighted by atomic mass is 16.8. The standard InChI is InChI=1S/C25H34O9/c1-22(2)31-17-16(30-21(26)15-9-7-6-8-10-15)18-20(34-23(3,4)32-18)25(27,19(17)33-22)24(28-5)11-13-29-14-12-24/h6-10,16-20,27H,11-14H2,1-5H3/t16?,17-,18-,19-,20+,25?/m1/s1. The molecule has 1 aromatic rings. The third-order valence-electron chi connectivity index (χ3n) is 7.45. The number of hydrogen-bond acceptors (Lipinski definition) is 9. The zero-order chi connectivity index (χ0) is 24.4. The van der Waals surface area contributed by atoms with Gasteiger partial charge in [0.1, 0.15) is 30.0 Å². The Kier molecular flexibility index (Phi) is 5.84. The molecule has 0 aromatic heterocycles. The normalized spacial score (nSPS) is 39.8. The molecule has 34 heavy (non-hydrogen) atoms. The van der Waals surface area contributed by atoms with Gasteiger partial charge in [-0.3, -0.25) is 0 Å². The average molecular weight is 479 g/mol. The summed E-state index contributed by atoms with van der Waals surface area (Å²) in [6.45, 7) is 7.93. The van der Waals surface area contributed by atoms with Crippen molar-refractivity contribution in [3.63, 3.8) is 0 Å². The van der Waals surface area contributed by atoms with Crippen molar-refractivity contribution in [2.24, 2.45) is 0 Å². The van der Waals surface area contributed by atoms with Crippen LogP contribution in [0.3, 0.4) is 0 Å². The van der Waals surface area contributed by atoms with Gasteiger partial charge < -0.3 is 38.3 Å². The van der Waals surface area contributed by atoms with Crippen LogP contribution in [0.2, 0.25) is 0 Å². The van der Waals surface area contributed by atoms with Crippen molar-refractivity contribution in [3.8, 4) is 0 Å². The molecule has 1 aromatic carbocycles. The molecule has 1 saturated carbocycles. The van der Waals surface area contributed by atoms with E-state index in [-0.39, 0.29) is 0 Å². The van der Waals surface area contributed by atoms with E-state index in [4.69, 9.17) is 33.2 Å². The van der Waals surface area contributed by atoms with E-state index in [0.29, 0.717) is 31.6 Å². The van der Waals surface area contributed by atoms with Gasteiger partial charge >= 0.3 is 5.97 Å². The molecule has 2 unspecified atom stereocenters. The zero-order valence-corrected chi connectivity index (χ0v) is 20.3. The largest absolute Gasteiger partial charge is 0.453 e. The minimum atomic E-state index is -1.65. The minimum Gasteiger partial charge on any atom is -0.453 e. The van der Waals surface area contributed by atoms with Crippen molar-refractivity contribution < 1.29 is 43.1 Å². The Hall–Kier alpha value is -1.59. The Balaban J connectivity index is 1.58. The monoisotopic (exact) mass is 478 g/mol. The third kappa shape index (κ3) is 3.69. The second kappa shape index (κ2) is 8.23. The van der Waals surface area contributed by atoms with E-state index in [1.165, 1.54) is 0 Å². The lowest BCUT2D eigenvalue weighted by atomic mass is 9.63. The number of rotatable bonds is 4. The number of esters is 1. The molecule has 3 heterocycles. The molecule has 1 N–H and O–H groups in total. The molecule has 3 aliphatic heterocycles. The topological polar surface area (TPSA) is 102 Å². The first kappa shape index (κ1) is 24.1. The van der Waals surface area contributed by atoms with Crippen molar-refractivity contribution in [3.05, 3.63) is 35.9 Å². The number of benzene rings is 1. The van der Waals surface area contributed by atoms with E-state index in [9.17, 15) is 9.90 Å². The molecular weight excluding hydrogens is 444 g/mol. The Morgan fingerprint density at radius 3 is 1.94 bits per heavy atom. The molecule has 0 amide bonds. The summed E-state index contributed by atoms with van der Waals surface area (Å²) in [4.78, 5) is 13.1. The summed E-state index contributed by atoms with van der Waals surface area (Å²) in [6, 6.07) is 8.74. The van der Waals surface area contributed by atoms with Gasteiger partial charge in [0, 0.05) is 33.2 Å². The lowest BCUT2D eigenvalue weighted by Crippen LogP contribution is -2.78. The summed E-state index contributed by atoms with van der Waals surface area (Å²) in [5.74, 6) is -2.58. The predicted octanol–water partition coefficient (Wildman–Crippen LogP) is 2.19. The fraction of sp³-hybridized carbons (Fsp3) is 0.720. The van der Waals surface area contributed by atoms with Crippen LogP contribution in [0.5, 0.6) is 0 Å². The number of ether oxygens (including phenoxy) is 7. The van der Waals surface area contributed by atoms with Gasteiger partial charge in [0.2, 0.25) is 0 Å². The number of carbonyl (C=O) groups excluding carboxylic acids is 1. The molecule has 1 aliphatic carbocycles. The number of aliphatic hydroxyl groups is 1. The van der Waals surface area contributed by atoms with Gasteiger partial charge in [-0.1, -0.05) is 18.2 Å². The van der Waals surface area contributed by atoms with E-state index >= 15 is 0 Å². The molecule has 4 aliphatic rings. The van der Waals surface area contributed by atoms with Crippen LogP contribution < -0.4 is 0 Å². The maximum atomic E-state index is 13.1. The van der Waals surface area contributed by atoms with Crippen LogP contribution in [0.1, 0.15) is 50.9 Å². The second-order valence-corrected chi connectivity index (χ2v) is 10.4. The highest BCUT2D eigenvalue weighted by Crippen LogP contribution is 2.55. The van der Waals surface area contributed by atoms with Crippen LogP contribution >= 0.6 is 0 Å². The van der Waals surface area contributed by atoms with Crippen LogP contribution in [0.25, 0.3) is 0 Å². The van der Waals surface area contributed by atoms with Gasteiger partial charge in [-0.25, -0.2) is 4.79 Å². The summed E-state index contributed by atoms with van der Waals surface area (Å²) in [7, 11) is 1.58. The summed E-state index contributed by atoms with van der Waals surface area (Å²) < 4.78 is 42.8. The zero-order valence-electron chi connectivity index (χ0n) is 20.3. The van der Waals surface area contributed by atoms with Gasteiger partial charge in [0.15, 0.2) is 23.3 Å². The smallest absolute Gasteiger partial charge is 0.338 e. The molecule has 0 spiro atoms. The van der Waals surface area contributed by atoms with Gasteiger partial charge in [0.25, 0.3) is 0 Å². The highest BCUT2D eigenvalue weighted by molar-refractivity contribution is 5.89. The molecule has 0 radical (unpaired) electrons. The van der Waals surface area contributed by atoms with Crippen LogP contribution in [0.4, 0.5) is 0 Å². The van der Waals surface area contributed by atoms with Crippen molar-refractivity contribution in [2.75, 3.05) is 20.3 Å². The maximum Gasteiger partial charge on any atom is 0.338 e.